The van der Waals surface area contributed by atoms with Crippen LogP contribution in [0.3, 0.4) is 0 Å². The van der Waals surface area contributed by atoms with Crippen molar-refractivity contribution < 1.29 is 52.0 Å². The maximum Gasteiger partial charge on any atom is 0.230 e. The standard InChI is InChI=1S/C8H8F4N2O2S.C8H4F4N2O2S.ClH/c2*1-17(15,16)14-8-6(11)4(9)3(2-13)5(10)7(8)12;/h14H,2,13H2,1H3;14H,1H3;1H. The molecule has 0 amide bonds. The first kappa shape index (κ1) is 32.1. The molecule has 2 rings (SSSR count). The Morgan fingerprint density at radius 3 is 1.20 bits per heavy atom. The second kappa shape index (κ2) is 11.7. The number of nitriles is 1. The van der Waals surface area contributed by atoms with Gasteiger partial charge in [0.25, 0.3) is 0 Å². The number of sulfonamides is 2. The molecule has 0 unspecified atom stereocenters. The van der Waals surface area contributed by atoms with Crippen LogP contribution in [0.2, 0.25) is 0 Å². The molecule has 0 fully saturated rings. The van der Waals surface area contributed by atoms with Gasteiger partial charge in [-0.3, -0.25) is 9.44 Å². The van der Waals surface area contributed by atoms with Gasteiger partial charge in [-0.15, -0.1) is 12.4 Å². The lowest BCUT2D eigenvalue weighted by atomic mass is 10.1. The minimum atomic E-state index is -4.12. The summed E-state index contributed by atoms with van der Waals surface area (Å²) in [4.78, 5) is 0. The van der Waals surface area contributed by atoms with E-state index in [0.717, 1.165) is 6.07 Å². The van der Waals surface area contributed by atoms with Crippen LogP contribution in [0.15, 0.2) is 0 Å². The van der Waals surface area contributed by atoms with Crippen LogP contribution in [-0.2, 0) is 26.6 Å². The molecule has 196 valence electrons. The fourth-order valence-corrected chi connectivity index (χ4v) is 3.24. The molecule has 0 aromatic heterocycles. The second-order valence-corrected chi connectivity index (χ2v) is 9.68. The van der Waals surface area contributed by atoms with Crippen molar-refractivity contribution in [1.29, 1.82) is 5.26 Å². The summed E-state index contributed by atoms with van der Waals surface area (Å²) in [5.41, 5.74) is -0.433. The molecule has 19 heteroatoms. The summed E-state index contributed by atoms with van der Waals surface area (Å²) in [6, 6.07) is 0.928. The third-order valence-electron chi connectivity index (χ3n) is 3.51. The van der Waals surface area contributed by atoms with Gasteiger partial charge in [-0.1, -0.05) is 0 Å². The normalized spacial score (nSPS) is 11.0. The van der Waals surface area contributed by atoms with Gasteiger partial charge in [0.05, 0.1) is 12.5 Å². The lowest BCUT2D eigenvalue weighted by Crippen LogP contribution is -2.17. The monoisotopic (exact) mass is 576 g/mol. The van der Waals surface area contributed by atoms with E-state index in [1.807, 2.05) is 0 Å². The number of rotatable bonds is 5. The summed E-state index contributed by atoms with van der Waals surface area (Å²) in [5, 5.41) is 8.27. The summed E-state index contributed by atoms with van der Waals surface area (Å²) in [7, 11) is -8.19. The predicted octanol–water partition coefficient (Wildman–Crippen LogP) is 2.98. The van der Waals surface area contributed by atoms with E-state index in [1.165, 1.54) is 9.44 Å². The maximum atomic E-state index is 13.3. The van der Waals surface area contributed by atoms with E-state index in [9.17, 15) is 52.0 Å². The zero-order valence-corrected chi connectivity index (χ0v) is 19.6. The van der Waals surface area contributed by atoms with Gasteiger partial charge in [0.1, 0.15) is 23.0 Å². The molecular formula is C16H13ClF8N4O4S2. The number of halogens is 9. The molecule has 0 aliphatic rings. The van der Waals surface area contributed by atoms with Gasteiger partial charge in [-0.2, -0.15) is 5.26 Å². The molecule has 0 spiro atoms. The molecule has 0 heterocycles. The Bertz CT molecular complexity index is 1340. The molecule has 2 aromatic carbocycles. The van der Waals surface area contributed by atoms with Crippen LogP contribution in [0, 0.1) is 57.9 Å². The minimum absolute atomic E-state index is 0. The van der Waals surface area contributed by atoms with Crippen molar-refractivity contribution in [2.75, 3.05) is 22.0 Å². The molecule has 2 aromatic rings. The summed E-state index contributed by atoms with van der Waals surface area (Å²) in [6.45, 7) is -0.759. The van der Waals surface area contributed by atoms with Gasteiger partial charge < -0.3 is 5.73 Å². The second-order valence-electron chi connectivity index (χ2n) is 6.18. The average molecular weight is 577 g/mol. The maximum absolute atomic E-state index is 13.3. The summed E-state index contributed by atoms with van der Waals surface area (Å²) >= 11 is 0. The van der Waals surface area contributed by atoms with E-state index < -0.39 is 95.6 Å². The topological polar surface area (TPSA) is 142 Å². The van der Waals surface area contributed by atoms with E-state index in [0.29, 0.717) is 12.5 Å². The van der Waals surface area contributed by atoms with Crippen molar-refractivity contribution in [3.8, 4) is 6.07 Å². The molecule has 0 saturated heterocycles. The molecular weight excluding hydrogens is 564 g/mol. The Morgan fingerprint density at radius 1 is 0.686 bits per heavy atom. The van der Waals surface area contributed by atoms with Gasteiger partial charge in [0.15, 0.2) is 46.5 Å². The lowest BCUT2D eigenvalue weighted by molar-refractivity contribution is 0.445. The van der Waals surface area contributed by atoms with Gasteiger partial charge >= 0.3 is 0 Å². The smallest absolute Gasteiger partial charge is 0.230 e. The van der Waals surface area contributed by atoms with Crippen molar-refractivity contribution >= 4 is 43.8 Å². The zero-order valence-electron chi connectivity index (χ0n) is 17.1. The van der Waals surface area contributed by atoms with Gasteiger partial charge in [0, 0.05) is 12.1 Å². The van der Waals surface area contributed by atoms with E-state index >= 15 is 0 Å². The predicted molar refractivity (Wildman–Crippen MR) is 109 cm³/mol. The third kappa shape index (κ3) is 7.55. The first-order valence-electron chi connectivity index (χ1n) is 8.14. The third-order valence-corrected chi connectivity index (χ3v) is 4.66. The highest BCUT2D eigenvalue weighted by Gasteiger charge is 2.27. The number of nitrogens with two attached hydrogens (primary N) is 1. The fraction of sp³-hybridized carbons (Fsp3) is 0.188. The van der Waals surface area contributed by atoms with Crippen molar-refractivity contribution in [3.05, 3.63) is 57.7 Å². The highest BCUT2D eigenvalue weighted by molar-refractivity contribution is 7.92. The number of nitrogens with one attached hydrogen (secondary N) is 2. The molecule has 0 aliphatic carbocycles. The Balaban J connectivity index is 0.000000642. The number of anilines is 2. The Morgan fingerprint density at radius 2 is 0.971 bits per heavy atom. The van der Waals surface area contributed by atoms with Crippen LogP contribution in [0.25, 0.3) is 0 Å². The number of benzene rings is 2. The minimum Gasteiger partial charge on any atom is -0.326 e. The Labute approximate surface area is 199 Å². The molecule has 35 heavy (non-hydrogen) atoms. The number of hydrogen-bond acceptors (Lipinski definition) is 6. The molecule has 4 N–H and O–H groups in total. The zero-order chi connectivity index (χ0) is 26.8. The van der Waals surface area contributed by atoms with E-state index in [4.69, 9.17) is 11.0 Å². The quantitative estimate of drug-likeness (QED) is 0.369. The molecule has 0 atom stereocenters. The van der Waals surface area contributed by atoms with Crippen molar-refractivity contribution in [1.82, 2.24) is 0 Å². The van der Waals surface area contributed by atoms with Gasteiger partial charge in [-0.25, -0.2) is 52.0 Å². The lowest BCUT2D eigenvalue weighted by Gasteiger charge is -2.11. The van der Waals surface area contributed by atoms with Crippen molar-refractivity contribution in [3.63, 3.8) is 0 Å². The molecule has 8 nitrogen and oxygen atoms in total. The Kier molecular flexibility index (Phi) is 10.7. The molecule has 0 radical (unpaired) electrons. The number of hydrogen-bond donors (Lipinski definition) is 3. The van der Waals surface area contributed by atoms with Gasteiger partial charge in [-0.05, 0) is 0 Å². The van der Waals surface area contributed by atoms with Gasteiger partial charge in [0.2, 0.25) is 20.0 Å². The average Bonchev–Trinajstić information content (AvgIpc) is 2.71. The highest BCUT2D eigenvalue weighted by Crippen LogP contribution is 2.29. The first-order valence-corrected chi connectivity index (χ1v) is 11.9. The largest absolute Gasteiger partial charge is 0.326 e. The molecule has 0 saturated carbocycles. The fourth-order valence-electron chi connectivity index (χ4n) is 2.14. The van der Waals surface area contributed by atoms with Crippen LogP contribution >= 0.6 is 12.4 Å². The first-order chi connectivity index (χ1) is 15.4. The van der Waals surface area contributed by atoms with E-state index in [2.05, 4.69) is 0 Å². The summed E-state index contributed by atoms with van der Waals surface area (Å²) < 4.78 is 151. The summed E-state index contributed by atoms with van der Waals surface area (Å²) in [6.07, 6.45) is 1.12. The highest BCUT2D eigenvalue weighted by atomic mass is 35.5. The van der Waals surface area contributed by atoms with Crippen LogP contribution in [0.5, 0.6) is 0 Å². The molecule has 0 aliphatic heterocycles. The molecule has 0 bridgehead atoms. The van der Waals surface area contributed by atoms with Crippen LogP contribution in [-0.4, -0.2) is 29.3 Å². The van der Waals surface area contributed by atoms with Crippen LogP contribution in [0.1, 0.15) is 11.1 Å². The SMILES string of the molecule is CS(=O)(=O)Nc1c(F)c(F)c(C#N)c(F)c1F.CS(=O)(=O)Nc1c(F)c(F)c(CN)c(F)c1F.Cl. The Hall–Kier alpha value is -2.88. The van der Waals surface area contributed by atoms with Crippen molar-refractivity contribution in [2.45, 2.75) is 6.54 Å². The number of nitrogens with zero attached hydrogens (tertiary/aromatic N) is 1. The van der Waals surface area contributed by atoms with E-state index in [1.54, 1.807) is 0 Å². The van der Waals surface area contributed by atoms with E-state index in [-0.39, 0.29) is 12.4 Å². The van der Waals surface area contributed by atoms with Crippen LogP contribution < -0.4 is 15.2 Å². The van der Waals surface area contributed by atoms with Crippen molar-refractivity contribution in [2.24, 2.45) is 5.73 Å². The van der Waals surface area contributed by atoms with Crippen LogP contribution in [0.4, 0.5) is 46.5 Å². The summed E-state index contributed by atoms with van der Waals surface area (Å²) in [5.74, 6) is -15.0.